The van der Waals surface area contributed by atoms with Crippen LogP contribution in [0.1, 0.15) is 116 Å². The second-order valence-corrected chi connectivity index (χ2v) is 19.7. The van der Waals surface area contributed by atoms with E-state index in [9.17, 15) is 45.1 Å². The van der Waals surface area contributed by atoms with E-state index in [1.807, 2.05) is 45.9 Å². The average Bonchev–Trinajstić information content (AvgIpc) is 3.83. The van der Waals surface area contributed by atoms with Gasteiger partial charge in [-0.3, -0.25) is 38.0 Å². The summed E-state index contributed by atoms with van der Waals surface area (Å²) in [5.41, 5.74) is 3.55. The van der Waals surface area contributed by atoms with Crippen LogP contribution in [0.3, 0.4) is 0 Å². The molecule has 4 aliphatic rings. The summed E-state index contributed by atoms with van der Waals surface area (Å²) < 4.78 is 70.8. The molecule has 2 aromatic carbocycles. The average molecular weight is 884 g/mol. The fourth-order valence-corrected chi connectivity index (χ4v) is 9.52. The molecule has 2 aromatic rings. The number of hydrogen-bond acceptors (Lipinski definition) is 11. The fourth-order valence-electron chi connectivity index (χ4n) is 8.51. The molecule has 0 bridgehead atoms. The van der Waals surface area contributed by atoms with Crippen LogP contribution in [0, 0.1) is 0 Å². The lowest BCUT2D eigenvalue weighted by atomic mass is 9.81. The number of fused-ring (bicyclic) bond motifs is 2. The maximum absolute atomic E-state index is 12.2. The van der Waals surface area contributed by atoms with E-state index in [4.69, 9.17) is 9.68 Å². The summed E-state index contributed by atoms with van der Waals surface area (Å²) in [6.07, 6.45) is 12.6. The van der Waals surface area contributed by atoms with E-state index in [1.165, 1.54) is 24.3 Å². The van der Waals surface area contributed by atoms with Crippen molar-refractivity contribution < 1.29 is 59.4 Å². The molecule has 4 amide bonds. The van der Waals surface area contributed by atoms with Crippen LogP contribution < -0.4 is 4.90 Å². The molecule has 18 heteroatoms. The first-order valence-electron chi connectivity index (χ1n) is 20.8. The fraction of sp³-hybridized carbons (Fsp3) is 0.512. The molecule has 330 valence electrons. The molecule has 2 N–H and O–H groups in total. The van der Waals surface area contributed by atoms with E-state index in [1.54, 1.807) is 12.1 Å². The van der Waals surface area contributed by atoms with Gasteiger partial charge in [-0.25, -0.2) is 0 Å². The number of amides is 4. The number of anilines is 1. The SMILES string of the molecule is CC1(C)C(=CC=CC2=[N+](CCCCCCON3C(=O)CCC3=O)c3ccc(S(=O)(=O)O)cc3C2(C)C)N(CCCCCCON2C(=O)CCC2=O)c2ccc(S(=O)(=O)O)cc21. The molecule has 0 saturated carbocycles. The number of carbonyl (C=O) groups is 4. The summed E-state index contributed by atoms with van der Waals surface area (Å²) in [5, 5.41) is 1.72. The third-order valence-corrected chi connectivity index (χ3v) is 13.5. The second kappa shape index (κ2) is 18.4. The molecule has 2 saturated heterocycles. The minimum atomic E-state index is -4.46. The summed E-state index contributed by atoms with van der Waals surface area (Å²) in [4.78, 5) is 60.0. The summed E-state index contributed by atoms with van der Waals surface area (Å²) in [7, 11) is -8.93. The maximum atomic E-state index is 12.2. The molecule has 0 spiro atoms. The first-order chi connectivity index (χ1) is 28.7. The molecule has 0 atom stereocenters. The predicted octanol–water partition coefficient (Wildman–Crippen LogP) is 6.08. The van der Waals surface area contributed by atoms with Gasteiger partial charge in [0.25, 0.3) is 43.9 Å². The topological polar surface area (TPSA) is 208 Å². The van der Waals surface area contributed by atoms with Gasteiger partial charge in [0.2, 0.25) is 5.69 Å². The van der Waals surface area contributed by atoms with Gasteiger partial charge in [-0.1, -0.05) is 39.2 Å². The van der Waals surface area contributed by atoms with E-state index in [-0.39, 0.29) is 72.3 Å². The molecule has 61 heavy (non-hydrogen) atoms. The summed E-state index contributed by atoms with van der Waals surface area (Å²) in [6.45, 7) is 9.67. The summed E-state index contributed by atoms with van der Waals surface area (Å²) in [5.74, 6) is -1.29. The van der Waals surface area contributed by atoms with Gasteiger partial charge < -0.3 is 4.90 Å². The smallest absolute Gasteiger partial charge is 0.294 e. The van der Waals surface area contributed by atoms with Crippen molar-refractivity contribution in [3.05, 3.63) is 71.5 Å². The highest BCUT2D eigenvalue weighted by Gasteiger charge is 2.45. The Hall–Kier alpha value is -4.59. The molecular weight excluding hydrogens is 829 g/mol. The number of benzene rings is 2. The quantitative estimate of drug-likeness (QED) is 0.0670. The van der Waals surface area contributed by atoms with Crippen LogP contribution in [0.4, 0.5) is 11.4 Å². The van der Waals surface area contributed by atoms with Crippen molar-refractivity contribution in [2.24, 2.45) is 0 Å². The first-order valence-corrected chi connectivity index (χ1v) is 23.6. The third-order valence-electron chi connectivity index (χ3n) is 11.8. The number of imide groups is 2. The lowest BCUT2D eigenvalue weighted by Crippen LogP contribution is -2.29. The van der Waals surface area contributed by atoms with Gasteiger partial charge in [0.1, 0.15) is 6.54 Å². The number of carbonyl (C=O) groups excluding carboxylic acids is 4. The van der Waals surface area contributed by atoms with E-state index >= 15 is 0 Å². The number of allylic oxidation sites excluding steroid dienone is 4. The van der Waals surface area contributed by atoms with Crippen LogP contribution >= 0.6 is 0 Å². The monoisotopic (exact) mass is 883 g/mol. The van der Waals surface area contributed by atoms with Crippen molar-refractivity contribution in [3.63, 3.8) is 0 Å². The third kappa shape index (κ3) is 10.1. The van der Waals surface area contributed by atoms with Gasteiger partial charge in [0.15, 0.2) is 5.71 Å². The maximum Gasteiger partial charge on any atom is 0.294 e. The summed E-state index contributed by atoms with van der Waals surface area (Å²) in [6, 6.07) is 9.23. The normalized spacial score (nSPS) is 19.4. The lowest BCUT2D eigenvalue weighted by Gasteiger charge is -2.27. The van der Waals surface area contributed by atoms with Crippen molar-refractivity contribution in [1.29, 1.82) is 0 Å². The minimum absolute atomic E-state index is 0.165. The van der Waals surface area contributed by atoms with Gasteiger partial charge in [-0.15, -0.1) is 0 Å². The van der Waals surface area contributed by atoms with Crippen molar-refractivity contribution in [2.45, 2.75) is 125 Å². The Morgan fingerprint density at radius 3 is 1.69 bits per heavy atom. The van der Waals surface area contributed by atoms with Crippen LogP contribution in [0.25, 0.3) is 0 Å². The van der Waals surface area contributed by atoms with Crippen LogP contribution in [-0.2, 0) is 59.9 Å². The molecule has 6 rings (SSSR count). The van der Waals surface area contributed by atoms with Crippen LogP contribution in [0.5, 0.6) is 0 Å². The van der Waals surface area contributed by atoms with Crippen molar-refractivity contribution in [2.75, 3.05) is 31.2 Å². The Morgan fingerprint density at radius 1 is 0.656 bits per heavy atom. The van der Waals surface area contributed by atoms with Crippen molar-refractivity contribution >= 4 is 61.0 Å². The number of nitrogens with zero attached hydrogens (tertiary/aromatic N) is 4. The lowest BCUT2D eigenvalue weighted by molar-refractivity contribution is -0.438. The van der Waals surface area contributed by atoms with E-state index in [0.717, 1.165) is 82.6 Å². The van der Waals surface area contributed by atoms with Gasteiger partial charge in [0.05, 0.1) is 28.4 Å². The molecule has 4 heterocycles. The van der Waals surface area contributed by atoms with Crippen molar-refractivity contribution in [3.8, 4) is 0 Å². The number of rotatable bonds is 20. The molecule has 16 nitrogen and oxygen atoms in total. The van der Waals surface area contributed by atoms with E-state index < -0.39 is 31.1 Å². The zero-order valence-corrected chi connectivity index (χ0v) is 36.7. The zero-order valence-electron chi connectivity index (χ0n) is 35.1. The molecule has 0 aromatic heterocycles. The van der Waals surface area contributed by atoms with Gasteiger partial charge in [0, 0.05) is 73.2 Å². The molecule has 0 radical (unpaired) electrons. The largest absolute Gasteiger partial charge is 0.344 e. The molecule has 0 unspecified atom stereocenters. The Morgan fingerprint density at radius 2 is 1.15 bits per heavy atom. The highest BCUT2D eigenvalue weighted by Crippen LogP contribution is 2.49. The van der Waals surface area contributed by atoms with Gasteiger partial charge >= 0.3 is 0 Å². The van der Waals surface area contributed by atoms with Gasteiger partial charge in [-0.2, -0.15) is 31.5 Å². The van der Waals surface area contributed by atoms with Crippen LogP contribution in [0.15, 0.2) is 70.1 Å². The van der Waals surface area contributed by atoms with Crippen LogP contribution in [-0.4, -0.2) is 96.3 Å². The molecule has 0 aliphatic carbocycles. The molecule has 2 fully saturated rings. The standard InChI is InChI=1S/C43H54N4O12S2/c1-42(2)32-28-30(60(52,53)54)16-18-34(32)44(24-9-5-7-11-26-58-46-38(48)20-21-39(46)49)36(42)14-13-15-37-43(3,4)33-29-31(61(55,56)57)17-19-35(33)45(37)25-10-6-8-12-27-59-47-40(50)22-23-41(47)51/h13-19,28-29H,5-12,20-27H2,1-4H3,(H-,52,53,54,55,56,57)/p+1. The summed E-state index contributed by atoms with van der Waals surface area (Å²) >= 11 is 0. The first kappa shape index (κ1) is 45.9. The van der Waals surface area contributed by atoms with E-state index in [0.29, 0.717) is 25.9 Å². The Kier molecular flexibility index (Phi) is 13.9. The van der Waals surface area contributed by atoms with Crippen LogP contribution in [0.2, 0.25) is 0 Å². The highest BCUT2D eigenvalue weighted by molar-refractivity contribution is 7.86. The number of hydrogen-bond donors (Lipinski definition) is 2. The molecule has 4 aliphatic heterocycles. The van der Waals surface area contributed by atoms with Gasteiger partial charge in [-0.05, 0) is 81.5 Å². The Labute approximate surface area is 357 Å². The highest BCUT2D eigenvalue weighted by atomic mass is 32.2. The Balaban J connectivity index is 1.21. The Bertz CT molecular complexity index is 2370. The minimum Gasteiger partial charge on any atom is -0.344 e. The number of unbranched alkanes of at least 4 members (excludes halogenated alkanes) is 6. The predicted molar refractivity (Wildman–Crippen MR) is 224 cm³/mol. The molecular formula is C43H55N4O12S2+. The second-order valence-electron chi connectivity index (χ2n) is 16.8. The zero-order chi connectivity index (χ0) is 44.3. The number of hydroxylamine groups is 4. The van der Waals surface area contributed by atoms with Crippen molar-refractivity contribution in [1.82, 2.24) is 10.1 Å². The van der Waals surface area contributed by atoms with E-state index in [2.05, 4.69) is 9.48 Å².